The van der Waals surface area contributed by atoms with Crippen LogP contribution < -0.4 is 14.2 Å². The largest absolute Gasteiger partial charge is 0.493 e. The topological polar surface area (TPSA) is 44.8 Å². The van der Waals surface area contributed by atoms with Crippen molar-refractivity contribution < 1.29 is 19.0 Å². The summed E-state index contributed by atoms with van der Waals surface area (Å²) in [5.74, 6) is 2.82. The van der Waals surface area contributed by atoms with Crippen molar-refractivity contribution in [2.45, 2.75) is 19.3 Å². The number of carbonyl (C=O) groups excluding carboxylic acids is 1. The van der Waals surface area contributed by atoms with Crippen LogP contribution in [0.1, 0.15) is 18.4 Å². The van der Waals surface area contributed by atoms with Gasteiger partial charge in [0.15, 0.2) is 17.3 Å². The van der Waals surface area contributed by atoms with E-state index in [1.807, 2.05) is 18.2 Å². The number of methoxy groups -OCH3 is 3. The molecule has 1 aromatic rings. The Hall–Kier alpha value is -2.23. The molecule has 24 heavy (non-hydrogen) atoms. The number of carbonyl (C=O) groups is 1. The second-order valence-corrected chi connectivity index (χ2v) is 6.52. The molecule has 2 aliphatic rings. The molecule has 0 aromatic heterocycles. The third-order valence-electron chi connectivity index (χ3n) is 5.28. The molecule has 0 bridgehead atoms. The number of hydrogen-bond acceptors (Lipinski definition) is 4. The fourth-order valence-corrected chi connectivity index (χ4v) is 4.14. The summed E-state index contributed by atoms with van der Waals surface area (Å²) in [6, 6.07) is 3.96. The molecule has 0 saturated heterocycles. The first kappa shape index (κ1) is 16.6. The van der Waals surface area contributed by atoms with Crippen LogP contribution in [0.25, 0.3) is 0 Å². The van der Waals surface area contributed by atoms with E-state index < -0.39 is 0 Å². The van der Waals surface area contributed by atoms with Crippen molar-refractivity contribution in [3.63, 3.8) is 0 Å². The Morgan fingerprint density at radius 3 is 2.29 bits per heavy atom. The van der Waals surface area contributed by atoms with Gasteiger partial charge in [-0.2, -0.15) is 0 Å². The van der Waals surface area contributed by atoms with Crippen LogP contribution in [0.3, 0.4) is 0 Å². The molecule has 0 spiro atoms. The highest BCUT2D eigenvalue weighted by Crippen LogP contribution is 2.46. The van der Waals surface area contributed by atoms with Crippen LogP contribution in [0, 0.1) is 17.8 Å². The molecule has 1 saturated carbocycles. The Balaban J connectivity index is 1.87. The first-order chi connectivity index (χ1) is 11.6. The number of ketones is 1. The van der Waals surface area contributed by atoms with Gasteiger partial charge in [-0.05, 0) is 54.9 Å². The first-order valence-electron chi connectivity index (χ1n) is 8.28. The fraction of sp³-hybridized carbons (Fsp3) is 0.450. The average molecular weight is 328 g/mol. The number of hydrogen-bond donors (Lipinski definition) is 0. The molecule has 0 radical (unpaired) electrons. The highest BCUT2D eigenvalue weighted by atomic mass is 16.5. The number of ether oxygens (including phenoxy) is 3. The summed E-state index contributed by atoms with van der Waals surface area (Å²) in [7, 11) is 4.83. The zero-order chi connectivity index (χ0) is 17.3. The highest BCUT2D eigenvalue weighted by Gasteiger charge is 2.42. The molecule has 3 atom stereocenters. The zero-order valence-corrected chi connectivity index (χ0v) is 14.5. The van der Waals surface area contributed by atoms with Crippen LogP contribution in [0.5, 0.6) is 17.2 Å². The second-order valence-electron chi connectivity index (χ2n) is 6.52. The Bertz CT molecular complexity index is 664. The summed E-state index contributed by atoms with van der Waals surface area (Å²) in [4.78, 5) is 12.4. The molecule has 1 fully saturated rings. The maximum Gasteiger partial charge on any atom is 0.203 e. The highest BCUT2D eigenvalue weighted by molar-refractivity contribution is 5.94. The van der Waals surface area contributed by atoms with Gasteiger partial charge >= 0.3 is 0 Å². The number of benzene rings is 1. The van der Waals surface area contributed by atoms with E-state index in [9.17, 15) is 4.79 Å². The Labute approximate surface area is 143 Å². The fourth-order valence-electron chi connectivity index (χ4n) is 4.14. The molecule has 3 rings (SSSR count). The normalized spacial score (nSPS) is 25.5. The predicted octanol–water partition coefficient (Wildman–Crippen LogP) is 3.59. The van der Waals surface area contributed by atoms with E-state index in [1.54, 1.807) is 27.4 Å². The average Bonchev–Trinajstić information content (AvgIpc) is 3.02. The van der Waals surface area contributed by atoms with Crippen LogP contribution in [0.2, 0.25) is 0 Å². The number of allylic oxidation sites excluding steroid dienone is 3. The van der Waals surface area contributed by atoms with E-state index in [0.717, 1.165) is 30.4 Å². The monoisotopic (exact) mass is 328 g/mol. The third-order valence-corrected chi connectivity index (χ3v) is 5.28. The van der Waals surface area contributed by atoms with Gasteiger partial charge in [-0.3, -0.25) is 4.79 Å². The maximum atomic E-state index is 12.4. The lowest BCUT2D eigenvalue weighted by atomic mass is 9.76. The summed E-state index contributed by atoms with van der Waals surface area (Å²) >= 11 is 0. The number of fused-ring (bicyclic) bond motifs is 1. The van der Waals surface area contributed by atoms with Crippen molar-refractivity contribution in [2.24, 2.45) is 17.8 Å². The maximum absolute atomic E-state index is 12.4. The quantitative estimate of drug-likeness (QED) is 0.828. The number of rotatable bonds is 5. The Morgan fingerprint density at radius 2 is 1.71 bits per heavy atom. The smallest absolute Gasteiger partial charge is 0.203 e. The van der Waals surface area contributed by atoms with Crippen molar-refractivity contribution in [3.8, 4) is 17.2 Å². The zero-order valence-electron chi connectivity index (χ0n) is 14.5. The van der Waals surface area contributed by atoms with Gasteiger partial charge in [-0.15, -0.1) is 0 Å². The lowest BCUT2D eigenvalue weighted by Crippen LogP contribution is -2.28. The van der Waals surface area contributed by atoms with Gasteiger partial charge in [0, 0.05) is 5.92 Å². The SMILES string of the molecule is C=C1C=CC(=O)[C@@H]2[C@H](Cc3cc(OC)c(OC)c(OC)c3)CC[C@H]12. The molecule has 0 amide bonds. The van der Waals surface area contributed by atoms with Crippen molar-refractivity contribution in [3.05, 3.63) is 42.0 Å². The standard InChI is InChI=1S/C20H24O4/c1-12-5-8-16(21)19-14(6-7-15(12)19)9-13-10-17(22-2)20(24-4)18(11-13)23-3/h5,8,10-11,14-15,19H,1,6-7,9H2,2-4H3/t14-,15+,19+/m0/s1. The van der Waals surface area contributed by atoms with Gasteiger partial charge in [0.2, 0.25) is 5.75 Å². The van der Waals surface area contributed by atoms with E-state index in [2.05, 4.69) is 6.58 Å². The molecule has 1 aromatic carbocycles. The van der Waals surface area contributed by atoms with Crippen LogP contribution in [-0.2, 0) is 11.2 Å². The molecule has 4 heteroatoms. The first-order valence-corrected chi connectivity index (χ1v) is 8.28. The van der Waals surface area contributed by atoms with Gasteiger partial charge in [-0.1, -0.05) is 18.2 Å². The van der Waals surface area contributed by atoms with Gasteiger partial charge in [0.05, 0.1) is 21.3 Å². The second kappa shape index (κ2) is 6.71. The van der Waals surface area contributed by atoms with E-state index in [1.165, 1.54) is 0 Å². The van der Waals surface area contributed by atoms with Crippen LogP contribution in [0.4, 0.5) is 0 Å². The summed E-state index contributed by atoms with van der Waals surface area (Å²) in [5.41, 5.74) is 2.19. The molecule has 0 heterocycles. The van der Waals surface area contributed by atoms with E-state index in [4.69, 9.17) is 14.2 Å². The van der Waals surface area contributed by atoms with Gasteiger partial charge in [0.25, 0.3) is 0 Å². The third kappa shape index (κ3) is 2.81. The van der Waals surface area contributed by atoms with Crippen molar-refractivity contribution in [1.82, 2.24) is 0 Å². The molecule has 0 N–H and O–H groups in total. The Kier molecular flexibility index (Phi) is 4.65. The van der Waals surface area contributed by atoms with E-state index in [-0.39, 0.29) is 11.7 Å². The summed E-state index contributed by atoms with van der Waals surface area (Å²) < 4.78 is 16.2. The molecule has 0 aliphatic heterocycles. The van der Waals surface area contributed by atoms with Crippen molar-refractivity contribution in [2.75, 3.05) is 21.3 Å². The molecule has 2 aliphatic carbocycles. The van der Waals surface area contributed by atoms with Crippen molar-refractivity contribution >= 4 is 5.78 Å². The van der Waals surface area contributed by atoms with Gasteiger partial charge in [-0.25, -0.2) is 0 Å². The molecule has 4 nitrogen and oxygen atoms in total. The molecule has 128 valence electrons. The van der Waals surface area contributed by atoms with Gasteiger partial charge < -0.3 is 14.2 Å². The van der Waals surface area contributed by atoms with Gasteiger partial charge in [0.1, 0.15) is 0 Å². The summed E-state index contributed by atoms with van der Waals surface area (Å²) in [6.07, 6.45) is 6.47. The predicted molar refractivity (Wildman–Crippen MR) is 92.8 cm³/mol. The minimum Gasteiger partial charge on any atom is -0.493 e. The molecular formula is C20H24O4. The van der Waals surface area contributed by atoms with Crippen LogP contribution in [0.15, 0.2) is 36.4 Å². The lowest BCUT2D eigenvalue weighted by Gasteiger charge is -2.26. The van der Waals surface area contributed by atoms with Crippen LogP contribution in [-0.4, -0.2) is 27.1 Å². The van der Waals surface area contributed by atoms with E-state index in [0.29, 0.717) is 29.1 Å². The lowest BCUT2D eigenvalue weighted by molar-refractivity contribution is -0.120. The van der Waals surface area contributed by atoms with Crippen LogP contribution >= 0.6 is 0 Å². The minimum atomic E-state index is 0.0570. The summed E-state index contributed by atoms with van der Waals surface area (Å²) in [6.45, 7) is 4.11. The summed E-state index contributed by atoms with van der Waals surface area (Å²) in [5, 5.41) is 0. The molecular weight excluding hydrogens is 304 g/mol. The minimum absolute atomic E-state index is 0.0570. The Morgan fingerprint density at radius 1 is 1.04 bits per heavy atom. The van der Waals surface area contributed by atoms with E-state index >= 15 is 0 Å². The van der Waals surface area contributed by atoms with Crippen molar-refractivity contribution in [1.29, 1.82) is 0 Å². The molecule has 0 unspecified atom stereocenters.